The second kappa shape index (κ2) is 7.86. The predicted molar refractivity (Wildman–Crippen MR) is 69.7 cm³/mol. The molecular formula is C14H27NO. The standard InChI is InChI=1S/C14H27NO/c1-4-9-15-11-12(3)16-14-8-6-7-13(5-2)10-14/h4,12-15H,1,5-11H2,2-3H3. The van der Waals surface area contributed by atoms with Crippen LogP contribution in [0.5, 0.6) is 0 Å². The van der Waals surface area contributed by atoms with E-state index in [1.165, 1.54) is 32.1 Å². The summed E-state index contributed by atoms with van der Waals surface area (Å²) in [6, 6.07) is 0. The zero-order valence-corrected chi connectivity index (χ0v) is 10.9. The summed E-state index contributed by atoms with van der Waals surface area (Å²) >= 11 is 0. The van der Waals surface area contributed by atoms with Gasteiger partial charge in [-0.05, 0) is 25.7 Å². The van der Waals surface area contributed by atoms with Crippen molar-refractivity contribution in [2.24, 2.45) is 5.92 Å². The van der Waals surface area contributed by atoms with E-state index in [2.05, 4.69) is 25.7 Å². The minimum atomic E-state index is 0.320. The summed E-state index contributed by atoms with van der Waals surface area (Å²) in [5.74, 6) is 0.895. The van der Waals surface area contributed by atoms with Crippen LogP contribution in [0.3, 0.4) is 0 Å². The molecule has 1 N–H and O–H groups in total. The lowest BCUT2D eigenvalue weighted by molar-refractivity contribution is -0.0310. The number of hydrogen-bond acceptors (Lipinski definition) is 2. The Morgan fingerprint density at radius 1 is 1.50 bits per heavy atom. The molecule has 3 atom stereocenters. The molecule has 1 aliphatic rings. The first-order valence-corrected chi connectivity index (χ1v) is 6.73. The van der Waals surface area contributed by atoms with Gasteiger partial charge in [-0.25, -0.2) is 0 Å². The molecule has 0 bridgehead atoms. The monoisotopic (exact) mass is 225 g/mol. The third kappa shape index (κ3) is 5.13. The largest absolute Gasteiger partial charge is 0.374 e. The Balaban J connectivity index is 2.16. The van der Waals surface area contributed by atoms with Crippen LogP contribution in [0, 0.1) is 5.92 Å². The number of hydrogen-bond donors (Lipinski definition) is 1. The summed E-state index contributed by atoms with van der Waals surface area (Å²) in [5.41, 5.74) is 0. The number of ether oxygens (including phenoxy) is 1. The highest BCUT2D eigenvalue weighted by Gasteiger charge is 2.22. The van der Waals surface area contributed by atoms with Crippen LogP contribution in [0.25, 0.3) is 0 Å². The lowest BCUT2D eigenvalue weighted by Gasteiger charge is -2.30. The zero-order valence-electron chi connectivity index (χ0n) is 10.9. The van der Waals surface area contributed by atoms with Gasteiger partial charge in [-0.3, -0.25) is 0 Å². The first-order valence-electron chi connectivity index (χ1n) is 6.73. The van der Waals surface area contributed by atoms with Gasteiger partial charge >= 0.3 is 0 Å². The highest BCUT2D eigenvalue weighted by atomic mass is 16.5. The van der Waals surface area contributed by atoms with Gasteiger partial charge in [-0.15, -0.1) is 6.58 Å². The highest BCUT2D eigenvalue weighted by Crippen LogP contribution is 2.28. The summed E-state index contributed by atoms with van der Waals surface area (Å²) in [6.07, 6.45) is 9.28. The molecule has 1 fully saturated rings. The van der Waals surface area contributed by atoms with Crippen molar-refractivity contribution in [1.29, 1.82) is 0 Å². The van der Waals surface area contributed by atoms with Gasteiger partial charge in [0, 0.05) is 13.1 Å². The van der Waals surface area contributed by atoms with Gasteiger partial charge in [0.25, 0.3) is 0 Å². The van der Waals surface area contributed by atoms with E-state index in [9.17, 15) is 0 Å². The van der Waals surface area contributed by atoms with Crippen LogP contribution in [0.15, 0.2) is 12.7 Å². The molecule has 1 saturated carbocycles. The molecule has 0 heterocycles. The van der Waals surface area contributed by atoms with Crippen molar-refractivity contribution in [2.45, 2.75) is 58.2 Å². The number of rotatable bonds is 7. The molecule has 0 aliphatic heterocycles. The summed E-state index contributed by atoms with van der Waals surface area (Å²) < 4.78 is 6.07. The average molecular weight is 225 g/mol. The summed E-state index contributed by atoms with van der Waals surface area (Å²) in [4.78, 5) is 0. The molecule has 0 aromatic rings. The van der Waals surface area contributed by atoms with Gasteiger partial charge in [0.15, 0.2) is 0 Å². The van der Waals surface area contributed by atoms with E-state index in [0.717, 1.165) is 19.0 Å². The molecule has 0 spiro atoms. The smallest absolute Gasteiger partial charge is 0.0675 e. The third-order valence-electron chi connectivity index (χ3n) is 3.46. The van der Waals surface area contributed by atoms with Crippen LogP contribution in [-0.4, -0.2) is 25.3 Å². The summed E-state index contributed by atoms with van der Waals surface area (Å²) in [7, 11) is 0. The van der Waals surface area contributed by atoms with Crippen molar-refractivity contribution >= 4 is 0 Å². The maximum atomic E-state index is 6.07. The van der Waals surface area contributed by atoms with E-state index in [1.54, 1.807) is 0 Å². The molecular weight excluding hydrogens is 198 g/mol. The van der Waals surface area contributed by atoms with E-state index < -0.39 is 0 Å². The molecule has 0 radical (unpaired) electrons. The lowest BCUT2D eigenvalue weighted by atomic mass is 9.85. The maximum absolute atomic E-state index is 6.07. The Hall–Kier alpha value is -0.340. The van der Waals surface area contributed by atoms with Crippen LogP contribution in [0.1, 0.15) is 46.0 Å². The minimum absolute atomic E-state index is 0.320. The van der Waals surface area contributed by atoms with Crippen molar-refractivity contribution < 1.29 is 4.74 Å². The second-order valence-corrected chi connectivity index (χ2v) is 4.96. The fourth-order valence-electron chi connectivity index (χ4n) is 2.50. The SMILES string of the molecule is C=CCNCC(C)OC1CCCC(CC)C1. The molecule has 1 aliphatic carbocycles. The lowest BCUT2D eigenvalue weighted by Crippen LogP contribution is -2.32. The molecule has 0 amide bonds. The van der Waals surface area contributed by atoms with Crippen molar-refractivity contribution in [1.82, 2.24) is 5.32 Å². The van der Waals surface area contributed by atoms with E-state index in [0.29, 0.717) is 12.2 Å². The molecule has 94 valence electrons. The van der Waals surface area contributed by atoms with Crippen molar-refractivity contribution in [3.05, 3.63) is 12.7 Å². The Morgan fingerprint density at radius 2 is 2.31 bits per heavy atom. The molecule has 0 aromatic heterocycles. The van der Waals surface area contributed by atoms with Crippen LogP contribution in [-0.2, 0) is 4.74 Å². The Kier molecular flexibility index (Phi) is 6.74. The van der Waals surface area contributed by atoms with Gasteiger partial charge < -0.3 is 10.1 Å². The Bertz CT molecular complexity index is 193. The van der Waals surface area contributed by atoms with Crippen LogP contribution in [0.4, 0.5) is 0 Å². The van der Waals surface area contributed by atoms with E-state index in [4.69, 9.17) is 4.74 Å². The summed E-state index contributed by atoms with van der Waals surface area (Å²) in [5, 5.41) is 3.31. The van der Waals surface area contributed by atoms with Crippen molar-refractivity contribution in [3.8, 4) is 0 Å². The number of nitrogens with one attached hydrogen (secondary N) is 1. The summed E-state index contributed by atoms with van der Waals surface area (Å²) in [6.45, 7) is 9.94. The zero-order chi connectivity index (χ0) is 11.8. The third-order valence-corrected chi connectivity index (χ3v) is 3.46. The normalized spacial score (nSPS) is 27.6. The van der Waals surface area contributed by atoms with Gasteiger partial charge in [0.2, 0.25) is 0 Å². The van der Waals surface area contributed by atoms with Crippen LogP contribution in [0.2, 0.25) is 0 Å². The van der Waals surface area contributed by atoms with Gasteiger partial charge in [-0.1, -0.05) is 32.3 Å². The predicted octanol–water partition coefficient (Wildman–Crippen LogP) is 3.14. The minimum Gasteiger partial charge on any atom is -0.374 e. The van der Waals surface area contributed by atoms with Crippen molar-refractivity contribution in [3.63, 3.8) is 0 Å². The van der Waals surface area contributed by atoms with Gasteiger partial charge in [-0.2, -0.15) is 0 Å². The molecule has 3 unspecified atom stereocenters. The van der Waals surface area contributed by atoms with E-state index in [1.807, 2.05) is 6.08 Å². The first-order chi connectivity index (χ1) is 7.76. The second-order valence-electron chi connectivity index (χ2n) is 4.96. The molecule has 16 heavy (non-hydrogen) atoms. The van der Waals surface area contributed by atoms with Crippen LogP contribution < -0.4 is 5.32 Å². The fraction of sp³-hybridized carbons (Fsp3) is 0.857. The van der Waals surface area contributed by atoms with Gasteiger partial charge in [0.1, 0.15) is 0 Å². The van der Waals surface area contributed by atoms with Crippen molar-refractivity contribution in [2.75, 3.05) is 13.1 Å². The van der Waals surface area contributed by atoms with Crippen LogP contribution >= 0.6 is 0 Å². The quantitative estimate of drug-likeness (QED) is 0.531. The average Bonchev–Trinajstić information content (AvgIpc) is 2.29. The first kappa shape index (κ1) is 13.7. The fourth-order valence-corrected chi connectivity index (χ4v) is 2.50. The maximum Gasteiger partial charge on any atom is 0.0675 e. The molecule has 1 rings (SSSR count). The molecule has 0 saturated heterocycles. The topological polar surface area (TPSA) is 21.3 Å². The molecule has 0 aromatic carbocycles. The van der Waals surface area contributed by atoms with Gasteiger partial charge in [0.05, 0.1) is 12.2 Å². The Morgan fingerprint density at radius 3 is 3.00 bits per heavy atom. The molecule has 2 nitrogen and oxygen atoms in total. The Labute approximate surface area is 100 Å². The molecule has 2 heteroatoms. The van der Waals surface area contributed by atoms with E-state index >= 15 is 0 Å². The van der Waals surface area contributed by atoms with E-state index in [-0.39, 0.29) is 0 Å². The highest BCUT2D eigenvalue weighted by molar-refractivity contribution is 4.75.